The molecule has 3 saturated heterocycles. The number of carbonyl (C=O) groups is 1. The van der Waals surface area contributed by atoms with Gasteiger partial charge in [0.25, 0.3) is 5.91 Å². The van der Waals surface area contributed by atoms with E-state index >= 15 is 0 Å². The summed E-state index contributed by atoms with van der Waals surface area (Å²) < 4.78 is 27.0. The fourth-order valence-electron chi connectivity index (χ4n) is 3.73. The molecule has 0 radical (unpaired) electrons. The zero-order chi connectivity index (χ0) is 16.0. The molecule has 4 heterocycles. The summed E-state index contributed by atoms with van der Waals surface area (Å²) in [4.78, 5) is 18.6. The van der Waals surface area contributed by atoms with Crippen LogP contribution in [0.3, 0.4) is 0 Å². The third kappa shape index (κ3) is 2.76. The first-order valence-corrected chi connectivity index (χ1v) is 9.77. The van der Waals surface area contributed by atoms with Gasteiger partial charge in [-0.25, -0.2) is 8.42 Å². The molecule has 7 heteroatoms. The van der Waals surface area contributed by atoms with E-state index in [9.17, 15) is 13.2 Å². The van der Waals surface area contributed by atoms with Gasteiger partial charge in [-0.2, -0.15) is 4.31 Å². The van der Waals surface area contributed by atoms with Crippen molar-refractivity contribution in [2.24, 2.45) is 5.92 Å². The highest BCUT2D eigenvalue weighted by molar-refractivity contribution is 7.90. The minimum absolute atomic E-state index is 0.0768. The first-order chi connectivity index (χ1) is 11.1. The number of sulfonamides is 1. The molecule has 0 aromatic carbocycles. The number of hydrogen-bond acceptors (Lipinski definition) is 4. The van der Waals surface area contributed by atoms with Crippen LogP contribution in [0.1, 0.15) is 36.2 Å². The van der Waals surface area contributed by atoms with Crippen LogP contribution in [0.5, 0.6) is 0 Å². The summed E-state index contributed by atoms with van der Waals surface area (Å²) in [5.74, 6) is 0.142. The van der Waals surface area contributed by atoms with Gasteiger partial charge in [-0.3, -0.25) is 9.78 Å². The van der Waals surface area contributed by atoms with E-state index in [2.05, 4.69) is 4.98 Å². The molecule has 5 rings (SSSR count). The van der Waals surface area contributed by atoms with Crippen LogP contribution in [0.25, 0.3) is 0 Å². The molecule has 1 saturated carbocycles. The van der Waals surface area contributed by atoms with Crippen LogP contribution in [0.15, 0.2) is 24.4 Å². The van der Waals surface area contributed by atoms with Gasteiger partial charge in [0.15, 0.2) is 0 Å². The highest BCUT2D eigenvalue weighted by Crippen LogP contribution is 2.37. The maximum absolute atomic E-state index is 12.7. The Morgan fingerprint density at radius 2 is 1.91 bits per heavy atom. The fraction of sp³-hybridized carbons (Fsp3) is 0.625. The number of nitrogens with zero attached hydrogens (tertiary/aromatic N) is 3. The fourth-order valence-corrected chi connectivity index (χ4v) is 5.85. The van der Waals surface area contributed by atoms with Gasteiger partial charge >= 0.3 is 0 Å². The molecule has 0 N–H and O–H groups in total. The van der Waals surface area contributed by atoms with Gasteiger partial charge in [0.05, 0.1) is 5.25 Å². The van der Waals surface area contributed by atoms with Crippen molar-refractivity contribution in [2.75, 3.05) is 19.6 Å². The van der Waals surface area contributed by atoms with E-state index in [-0.39, 0.29) is 23.1 Å². The van der Waals surface area contributed by atoms with E-state index in [0.717, 1.165) is 25.7 Å². The summed E-state index contributed by atoms with van der Waals surface area (Å²) in [5, 5.41) is -0.179. The van der Waals surface area contributed by atoms with Crippen molar-refractivity contribution in [2.45, 2.75) is 37.0 Å². The number of hydrogen-bond donors (Lipinski definition) is 0. The van der Waals surface area contributed by atoms with Crippen LogP contribution in [-0.4, -0.2) is 59.4 Å². The molecule has 0 unspecified atom stereocenters. The maximum Gasteiger partial charge on any atom is 0.272 e. The molecular formula is C16H21N3O3S. The summed E-state index contributed by atoms with van der Waals surface area (Å²) in [6.45, 7) is 1.68. The Labute approximate surface area is 136 Å². The number of amides is 1. The quantitative estimate of drug-likeness (QED) is 0.830. The minimum atomic E-state index is -3.18. The van der Waals surface area contributed by atoms with E-state index in [4.69, 9.17) is 0 Å². The maximum atomic E-state index is 12.7. The first kappa shape index (κ1) is 15.1. The van der Waals surface area contributed by atoms with Gasteiger partial charge in [-0.05, 0) is 43.7 Å². The number of pyridine rings is 1. The van der Waals surface area contributed by atoms with Crippen molar-refractivity contribution in [1.29, 1.82) is 0 Å². The third-order valence-corrected chi connectivity index (χ3v) is 7.52. The normalized spacial score (nSPS) is 28.6. The second-order valence-electron chi connectivity index (χ2n) is 6.84. The Hall–Kier alpha value is -1.47. The molecule has 0 spiro atoms. The topological polar surface area (TPSA) is 70.6 Å². The van der Waals surface area contributed by atoms with Crippen LogP contribution in [0.4, 0.5) is 0 Å². The van der Waals surface area contributed by atoms with Gasteiger partial charge in [-0.1, -0.05) is 6.07 Å². The second kappa shape index (κ2) is 5.56. The largest absolute Gasteiger partial charge is 0.335 e. The Morgan fingerprint density at radius 1 is 1.09 bits per heavy atom. The van der Waals surface area contributed by atoms with E-state index in [1.165, 1.54) is 0 Å². The molecular weight excluding hydrogens is 314 g/mol. The zero-order valence-electron chi connectivity index (χ0n) is 13.0. The number of rotatable bonds is 3. The molecule has 1 aliphatic carbocycles. The van der Waals surface area contributed by atoms with Crippen molar-refractivity contribution in [3.8, 4) is 0 Å². The lowest BCUT2D eigenvalue weighted by molar-refractivity contribution is 0.0740. The summed E-state index contributed by atoms with van der Waals surface area (Å²) in [7, 11) is -3.18. The van der Waals surface area contributed by atoms with Gasteiger partial charge in [0, 0.05) is 31.9 Å². The van der Waals surface area contributed by atoms with Gasteiger partial charge in [0.2, 0.25) is 10.0 Å². The van der Waals surface area contributed by atoms with E-state index in [0.29, 0.717) is 25.3 Å². The lowest BCUT2D eigenvalue weighted by atomic mass is 9.97. The monoisotopic (exact) mass is 335 g/mol. The smallest absolute Gasteiger partial charge is 0.272 e. The molecule has 3 aliphatic heterocycles. The average molecular weight is 335 g/mol. The molecule has 1 amide bonds. The van der Waals surface area contributed by atoms with E-state index < -0.39 is 10.0 Å². The van der Waals surface area contributed by atoms with Crippen molar-refractivity contribution < 1.29 is 13.2 Å². The van der Waals surface area contributed by atoms with Gasteiger partial charge < -0.3 is 4.90 Å². The minimum Gasteiger partial charge on any atom is -0.335 e. The van der Waals surface area contributed by atoms with Crippen LogP contribution in [0, 0.1) is 5.92 Å². The predicted molar refractivity (Wildman–Crippen MR) is 85.3 cm³/mol. The number of fused-ring (bicyclic) bond motifs is 4. The van der Waals surface area contributed by atoms with Gasteiger partial charge in [-0.15, -0.1) is 0 Å². The Balaban J connectivity index is 1.57. The summed E-state index contributed by atoms with van der Waals surface area (Å²) in [6.07, 6.45) is 5.03. The molecule has 6 nitrogen and oxygen atoms in total. The molecule has 2 atom stereocenters. The van der Waals surface area contributed by atoms with Crippen molar-refractivity contribution in [3.05, 3.63) is 30.1 Å². The first-order valence-electron chi connectivity index (χ1n) is 8.26. The molecule has 124 valence electrons. The van der Waals surface area contributed by atoms with Crippen molar-refractivity contribution in [1.82, 2.24) is 14.2 Å². The molecule has 1 aromatic rings. The number of aromatic nitrogens is 1. The Kier molecular flexibility index (Phi) is 3.65. The molecule has 23 heavy (non-hydrogen) atoms. The van der Waals surface area contributed by atoms with Crippen LogP contribution < -0.4 is 0 Å². The van der Waals surface area contributed by atoms with E-state index in [1.807, 2.05) is 0 Å². The highest BCUT2D eigenvalue weighted by atomic mass is 32.2. The Morgan fingerprint density at radius 3 is 2.61 bits per heavy atom. The second-order valence-corrected chi connectivity index (χ2v) is 9.00. The average Bonchev–Trinajstić information content (AvgIpc) is 3.41. The lowest BCUT2D eigenvalue weighted by Gasteiger charge is -2.35. The highest BCUT2D eigenvalue weighted by Gasteiger charge is 2.47. The summed E-state index contributed by atoms with van der Waals surface area (Å²) in [6, 6.07) is 5.23. The van der Waals surface area contributed by atoms with Crippen LogP contribution in [-0.2, 0) is 10.0 Å². The zero-order valence-corrected chi connectivity index (χ0v) is 13.8. The summed E-state index contributed by atoms with van der Waals surface area (Å²) >= 11 is 0. The molecule has 4 aliphatic rings. The number of piperidine rings is 1. The lowest BCUT2D eigenvalue weighted by Crippen LogP contribution is -2.48. The van der Waals surface area contributed by atoms with E-state index in [1.54, 1.807) is 33.6 Å². The number of carbonyl (C=O) groups excluding carboxylic acids is 1. The molecule has 4 fully saturated rings. The Bertz CT molecular complexity index is 703. The van der Waals surface area contributed by atoms with Crippen LogP contribution >= 0.6 is 0 Å². The van der Waals surface area contributed by atoms with Gasteiger partial charge in [0.1, 0.15) is 5.69 Å². The SMILES string of the molecule is O=C(c1ccccn1)N1C[C@@H]2CC[C@H](C1)N(S(=O)(=O)C1CC1)C2. The molecule has 1 aromatic heterocycles. The predicted octanol–water partition coefficient (Wildman–Crippen LogP) is 1.11. The molecule has 2 bridgehead atoms. The van der Waals surface area contributed by atoms with Crippen molar-refractivity contribution >= 4 is 15.9 Å². The van der Waals surface area contributed by atoms with Crippen LogP contribution in [0.2, 0.25) is 0 Å². The summed E-state index contributed by atoms with van der Waals surface area (Å²) in [5.41, 5.74) is 0.436. The standard InChI is InChI=1S/C16H21N3O3S/c20-16(15-3-1-2-8-17-15)18-9-12-4-5-13(11-18)19(10-12)23(21,22)14-6-7-14/h1-3,8,12-14H,4-7,9-11H2/t12-,13+/m0/s1. The third-order valence-electron chi connectivity index (χ3n) is 5.11. The van der Waals surface area contributed by atoms with Crippen molar-refractivity contribution in [3.63, 3.8) is 0 Å².